The minimum atomic E-state index is -0.281. The van der Waals surface area contributed by atoms with E-state index in [0.717, 1.165) is 11.0 Å². The minimum absolute atomic E-state index is 0.0117. The fourth-order valence-electron chi connectivity index (χ4n) is 2.91. The average molecular weight is 370 g/mol. The summed E-state index contributed by atoms with van der Waals surface area (Å²) in [6.07, 6.45) is 4.74. The highest BCUT2D eigenvalue weighted by atomic mass is 32.2. The number of amides is 1. The normalized spacial score (nSPS) is 17.8. The van der Waals surface area contributed by atoms with Gasteiger partial charge in [-0.2, -0.15) is 0 Å². The molecule has 6 nitrogen and oxygen atoms in total. The molecule has 1 aromatic carbocycles. The number of carbonyl (C=O) groups excluding carboxylic acids is 2. The maximum absolute atomic E-state index is 12.5. The number of nitrogens with one attached hydrogen (secondary N) is 1. The smallest absolute Gasteiger partial charge is 0.237 e. The van der Waals surface area contributed by atoms with Crippen LogP contribution in [0.2, 0.25) is 0 Å². The van der Waals surface area contributed by atoms with Gasteiger partial charge in [0, 0.05) is 23.2 Å². The van der Waals surface area contributed by atoms with E-state index in [2.05, 4.69) is 20.1 Å². The lowest BCUT2D eigenvalue weighted by Crippen LogP contribution is -2.23. The number of thioether (sulfide) groups is 1. The Kier molecular flexibility index (Phi) is 4.56. The summed E-state index contributed by atoms with van der Waals surface area (Å²) in [5, 5.41) is 12.2. The number of carbonyl (C=O) groups is 2. The Morgan fingerprint density at radius 1 is 1.15 bits per heavy atom. The van der Waals surface area contributed by atoms with Crippen molar-refractivity contribution in [2.75, 3.05) is 5.32 Å². The van der Waals surface area contributed by atoms with E-state index in [1.165, 1.54) is 44.4 Å². The molecule has 1 aromatic heterocycles. The highest BCUT2D eigenvalue weighted by Gasteiger charge is 2.37. The molecule has 7 heteroatoms. The SMILES string of the molecule is CC(=O)c1ccc(NC(=O)[C@@H](C)Sc2nnc(C3CC3)n2C2CC2)cc1. The lowest BCUT2D eigenvalue weighted by atomic mass is 10.1. The number of hydrogen-bond donors (Lipinski definition) is 1. The number of Topliss-reactive ketones (excluding diaryl/α,β-unsaturated/α-hetero) is 1. The van der Waals surface area contributed by atoms with Gasteiger partial charge in [-0.1, -0.05) is 11.8 Å². The summed E-state index contributed by atoms with van der Waals surface area (Å²) in [4.78, 5) is 23.9. The molecular formula is C19H22N4O2S. The zero-order valence-electron chi connectivity index (χ0n) is 14.9. The van der Waals surface area contributed by atoms with Crippen LogP contribution < -0.4 is 5.32 Å². The minimum Gasteiger partial charge on any atom is -0.325 e. The van der Waals surface area contributed by atoms with Crippen molar-refractivity contribution in [1.29, 1.82) is 0 Å². The van der Waals surface area contributed by atoms with Gasteiger partial charge >= 0.3 is 0 Å². The van der Waals surface area contributed by atoms with Gasteiger partial charge < -0.3 is 9.88 Å². The summed E-state index contributed by atoms with van der Waals surface area (Å²) in [6.45, 7) is 3.41. The summed E-state index contributed by atoms with van der Waals surface area (Å²) in [7, 11) is 0. The molecule has 0 aliphatic heterocycles. The number of ketones is 1. The van der Waals surface area contributed by atoms with Crippen molar-refractivity contribution < 1.29 is 9.59 Å². The molecule has 26 heavy (non-hydrogen) atoms. The Morgan fingerprint density at radius 2 is 1.85 bits per heavy atom. The third-order valence-corrected chi connectivity index (χ3v) is 5.81. The number of nitrogens with zero attached hydrogens (tertiary/aromatic N) is 3. The predicted octanol–water partition coefficient (Wildman–Crippen LogP) is 3.81. The van der Waals surface area contributed by atoms with Crippen LogP contribution in [0.3, 0.4) is 0 Å². The molecule has 0 bridgehead atoms. The second-order valence-corrected chi connectivity index (χ2v) is 8.41. The van der Waals surface area contributed by atoms with Crippen molar-refractivity contribution in [1.82, 2.24) is 14.8 Å². The largest absolute Gasteiger partial charge is 0.325 e. The summed E-state index contributed by atoms with van der Waals surface area (Å²) < 4.78 is 2.26. The van der Waals surface area contributed by atoms with Crippen molar-refractivity contribution in [3.63, 3.8) is 0 Å². The molecule has 2 fully saturated rings. The second-order valence-electron chi connectivity index (χ2n) is 7.10. The van der Waals surface area contributed by atoms with E-state index < -0.39 is 0 Å². The first-order valence-corrected chi connectivity index (χ1v) is 9.94. The first-order chi connectivity index (χ1) is 12.5. The van der Waals surface area contributed by atoms with Crippen LogP contribution in [0, 0.1) is 0 Å². The standard InChI is InChI=1S/C19H22N4O2S/c1-11(24)13-5-7-15(8-6-13)20-18(25)12(2)26-19-22-21-17(14-3-4-14)23(19)16-9-10-16/h5-8,12,14,16H,3-4,9-10H2,1-2H3,(H,20,25)/t12-/m1/s1. The Labute approximate surface area is 156 Å². The second kappa shape index (κ2) is 6.87. The summed E-state index contributed by atoms with van der Waals surface area (Å²) in [6, 6.07) is 7.47. The molecule has 1 heterocycles. The van der Waals surface area contributed by atoms with Gasteiger partial charge in [0.1, 0.15) is 5.82 Å². The Bertz CT molecular complexity index is 838. The molecule has 0 spiro atoms. The van der Waals surface area contributed by atoms with Crippen molar-refractivity contribution in [2.45, 2.75) is 61.9 Å². The molecule has 1 atom stereocenters. The van der Waals surface area contributed by atoms with Gasteiger partial charge in [0.2, 0.25) is 5.91 Å². The molecule has 2 aromatic rings. The van der Waals surface area contributed by atoms with Crippen LogP contribution in [0.15, 0.2) is 29.4 Å². The predicted molar refractivity (Wildman–Crippen MR) is 101 cm³/mol. The Balaban J connectivity index is 1.42. The van der Waals surface area contributed by atoms with Gasteiger partial charge in [-0.25, -0.2) is 0 Å². The Hall–Kier alpha value is -2.15. The molecule has 0 unspecified atom stereocenters. The monoisotopic (exact) mass is 370 g/mol. The number of benzene rings is 1. The van der Waals surface area contributed by atoms with Gasteiger partial charge in [0.05, 0.1) is 5.25 Å². The van der Waals surface area contributed by atoms with Crippen LogP contribution in [0.5, 0.6) is 0 Å². The zero-order chi connectivity index (χ0) is 18.3. The van der Waals surface area contributed by atoms with Crippen LogP contribution in [0.1, 0.15) is 67.7 Å². The first kappa shape index (κ1) is 17.3. The van der Waals surface area contributed by atoms with Crippen molar-refractivity contribution in [3.05, 3.63) is 35.7 Å². The fourth-order valence-corrected chi connectivity index (χ4v) is 3.83. The first-order valence-electron chi connectivity index (χ1n) is 9.06. The molecule has 4 rings (SSSR count). The number of rotatable bonds is 7. The van der Waals surface area contributed by atoms with Crippen LogP contribution in [-0.4, -0.2) is 31.7 Å². The fraction of sp³-hybridized carbons (Fsp3) is 0.474. The molecule has 0 saturated heterocycles. The van der Waals surface area contributed by atoms with E-state index in [1.54, 1.807) is 24.3 Å². The third-order valence-electron chi connectivity index (χ3n) is 4.76. The van der Waals surface area contributed by atoms with E-state index in [0.29, 0.717) is 23.2 Å². The van der Waals surface area contributed by atoms with Gasteiger partial charge in [0.25, 0.3) is 0 Å². The van der Waals surface area contributed by atoms with Gasteiger partial charge in [-0.15, -0.1) is 10.2 Å². The molecule has 2 aliphatic carbocycles. The quantitative estimate of drug-likeness (QED) is 0.592. The molecule has 1 amide bonds. The van der Waals surface area contributed by atoms with Crippen LogP contribution in [0.4, 0.5) is 5.69 Å². The van der Waals surface area contributed by atoms with E-state index in [-0.39, 0.29) is 16.9 Å². The van der Waals surface area contributed by atoms with Crippen LogP contribution in [-0.2, 0) is 4.79 Å². The van der Waals surface area contributed by atoms with Crippen molar-refractivity contribution in [2.24, 2.45) is 0 Å². The van der Waals surface area contributed by atoms with E-state index in [1.807, 2.05) is 6.92 Å². The maximum atomic E-state index is 12.5. The summed E-state index contributed by atoms with van der Waals surface area (Å²) in [5.74, 6) is 1.59. The number of aromatic nitrogens is 3. The van der Waals surface area contributed by atoms with Crippen LogP contribution in [0.25, 0.3) is 0 Å². The summed E-state index contributed by atoms with van der Waals surface area (Å²) >= 11 is 1.46. The lowest BCUT2D eigenvalue weighted by molar-refractivity contribution is -0.115. The number of hydrogen-bond acceptors (Lipinski definition) is 5. The van der Waals surface area contributed by atoms with E-state index >= 15 is 0 Å². The highest BCUT2D eigenvalue weighted by molar-refractivity contribution is 8.00. The topological polar surface area (TPSA) is 76.9 Å². The van der Waals surface area contributed by atoms with E-state index in [4.69, 9.17) is 0 Å². The molecule has 136 valence electrons. The average Bonchev–Trinajstić information content (AvgIpc) is 3.54. The van der Waals surface area contributed by atoms with Gasteiger partial charge in [0.15, 0.2) is 10.9 Å². The third kappa shape index (κ3) is 3.67. The molecule has 1 N–H and O–H groups in total. The highest BCUT2D eigenvalue weighted by Crippen LogP contribution is 2.46. The lowest BCUT2D eigenvalue weighted by Gasteiger charge is -2.13. The molecular weight excluding hydrogens is 348 g/mol. The van der Waals surface area contributed by atoms with Crippen LogP contribution >= 0.6 is 11.8 Å². The molecule has 2 aliphatic rings. The zero-order valence-corrected chi connectivity index (χ0v) is 15.8. The maximum Gasteiger partial charge on any atom is 0.237 e. The van der Waals surface area contributed by atoms with Crippen molar-refractivity contribution >= 4 is 29.1 Å². The van der Waals surface area contributed by atoms with Gasteiger partial charge in [-0.05, 0) is 63.8 Å². The summed E-state index contributed by atoms with van der Waals surface area (Å²) in [5.41, 5.74) is 1.32. The molecule has 0 radical (unpaired) electrons. The Morgan fingerprint density at radius 3 is 2.42 bits per heavy atom. The number of anilines is 1. The molecule has 2 saturated carbocycles. The van der Waals surface area contributed by atoms with Crippen molar-refractivity contribution in [3.8, 4) is 0 Å². The van der Waals surface area contributed by atoms with E-state index in [9.17, 15) is 9.59 Å². The van der Waals surface area contributed by atoms with Gasteiger partial charge in [-0.3, -0.25) is 9.59 Å².